The third-order valence-corrected chi connectivity index (χ3v) is 5.26. The zero-order chi connectivity index (χ0) is 23.8. The molecular weight excluding hydrogens is 450 g/mol. The average molecular weight is 474 g/mol. The van der Waals surface area contributed by atoms with E-state index >= 15 is 0 Å². The molecule has 0 atom stereocenters. The fourth-order valence-corrected chi connectivity index (χ4v) is 3.51. The maximum atomic E-state index is 13.1. The topological polar surface area (TPSA) is 56.8 Å². The Morgan fingerprint density at radius 1 is 0.794 bits per heavy atom. The summed E-state index contributed by atoms with van der Waals surface area (Å²) in [6.07, 6.45) is 0. The molecule has 172 valence electrons. The van der Waals surface area contributed by atoms with Crippen LogP contribution in [0.15, 0.2) is 97.1 Å². The maximum Gasteiger partial charge on any atom is 0.255 e. The molecule has 4 aromatic carbocycles. The van der Waals surface area contributed by atoms with Gasteiger partial charge in [-0.1, -0.05) is 54.1 Å². The molecule has 4 rings (SSSR count). The van der Waals surface area contributed by atoms with Gasteiger partial charge in [-0.3, -0.25) is 4.79 Å². The van der Waals surface area contributed by atoms with Crippen molar-refractivity contribution in [3.63, 3.8) is 0 Å². The van der Waals surface area contributed by atoms with Crippen molar-refractivity contribution >= 4 is 23.2 Å². The van der Waals surface area contributed by atoms with Crippen molar-refractivity contribution in [3.8, 4) is 23.0 Å². The number of rotatable bonds is 9. The molecule has 1 N–H and O–H groups in total. The molecule has 0 aromatic heterocycles. The highest BCUT2D eigenvalue weighted by Crippen LogP contribution is 2.30. The molecule has 5 nitrogen and oxygen atoms in total. The number of halogens is 1. The number of hydrogen-bond acceptors (Lipinski definition) is 4. The molecule has 34 heavy (non-hydrogen) atoms. The minimum atomic E-state index is -0.272. The minimum Gasteiger partial charge on any atom is -0.493 e. The lowest BCUT2D eigenvalue weighted by Crippen LogP contribution is -2.13. The van der Waals surface area contributed by atoms with Crippen LogP contribution in [0.2, 0.25) is 5.02 Å². The first-order valence-electron chi connectivity index (χ1n) is 10.9. The van der Waals surface area contributed by atoms with Crippen molar-refractivity contribution in [3.05, 3.63) is 113 Å². The Morgan fingerprint density at radius 2 is 1.50 bits per heavy atom. The summed E-state index contributed by atoms with van der Waals surface area (Å²) in [4.78, 5) is 13.1. The molecule has 1 amide bonds. The van der Waals surface area contributed by atoms with Crippen molar-refractivity contribution in [1.29, 1.82) is 0 Å². The Labute approximate surface area is 203 Å². The zero-order valence-electron chi connectivity index (χ0n) is 18.7. The summed E-state index contributed by atoms with van der Waals surface area (Å²) in [6.45, 7) is 2.60. The van der Waals surface area contributed by atoms with E-state index in [1.165, 1.54) is 0 Å². The van der Waals surface area contributed by atoms with Crippen LogP contribution in [-0.4, -0.2) is 12.5 Å². The van der Waals surface area contributed by atoms with E-state index in [0.29, 0.717) is 45.9 Å². The van der Waals surface area contributed by atoms with Crippen LogP contribution in [0.1, 0.15) is 22.8 Å². The molecular formula is C28H24ClNO4. The summed E-state index contributed by atoms with van der Waals surface area (Å²) in [5.74, 6) is 2.18. The number of carbonyl (C=O) groups excluding carboxylic acids is 1. The molecule has 0 radical (unpaired) electrons. The van der Waals surface area contributed by atoms with Crippen molar-refractivity contribution in [2.75, 3.05) is 11.9 Å². The molecule has 0 heterocycles. The van der Waals surface area contributed by atoms with Crippen molar-refractivity contribution in [2.24, 2.45) is 0 Å². The molecule has 0 saturated carbocycles. The first kappa shape index (κ1) is 23.2. The van der Waals surface area contributed by atoms with Crippen LogP contribution in [-0.2, 0) is 6.61 Å². The van der Waals surface area contributed by atoms with Crippen LogP contribution >= 0.6 is 11.6 Å². The van der Waals surface area contributed by atoms with Gasteiger partial charge in [0.1, 0.15) is 23.9 Å². The van der Waals surface area contributed by atoms with Crippen molar-refractivity contribution < 1.29 is 19.0 Å². The highest BCUT2D eigenvalue weighted by Gasteiger charge is 2.14. The summed E-state index contributed by atoms with van der Waals surface area (Å²) in [6, 6.07) is 29.2. The van der Waals surface area contributed by atoms with Crippen LogP contribution in [0.25, 0.3) is 0 Å². The smallest absolute Gasteiger partial charge is 0.255 e. The third-order valence-electron chi connectivity index (χ3n) is 4.95. The largest absolute Gasteiger partial charge is 0.493 e. The summed E-state index contributed by atoms with van der Waals surface area (Å²) in [5.41, 5.74) is 1.78. The van der Waals surface area contributed by atoms with Crippen molar-refractivity contribution in [1.82, 2.24) is 0 Å². The van der Waals surface area contributed by atoms with Gasteiger partial charge < -0.3 is 19.5 Å². The maximum absolute atomic E-state index is 13.1. The van der Waals surface area contributed by atoms with Gasteiger partial charge in [0, 0.05) is 11.1 Å². The first-order valence-corrected chi connectivity index (χ1v) is 11.3. The predicted molar refractivity (Wildman–Crippen MR) is 134 cm³/mol. The van der Waals surface area contributed by atoms with Crippen LogP contribution in [0.4, 0.5) is 5.69 Å². The second-order valence-corrected chi connectivity index (χ2v) is 7.75. The molecule has 0 aliphatic carbocycles. The number of hydrogen-bond donors (Lipinski definition) is 1. The highest BCUT2D eigenvalue weighted by molar-refractivity contribution is 6.32. The van der Waals surface area contributed by atoms with E-state index < -0.39 is 0 Å². The van der Waals surface area contributed by atoms with Crippen molar-refractivity contribution in [2.45, 2.75) is 13.5 Å². The van der Waals surface area contributed by atoms with Gasteiger partial charge in [0.15, 0.2) is 5.75 Å². The van der Waals surface area contributed by atoms with Gasteiger partial charge in [0.25, 0.3) is 5.91 Å². The van der Waals surface area contributed by atoms with Crippen LogP contribution in [0.5, 0.6) is 23.0 Å². The number of nitrogens with one attached hydrogen (secondary N) is 1. The van der Waals surface area contributed by atoms with E-state index in [-0.39, 0.29) is 12.5 Å². The molecule has 0 aliphatic rings. The van der Waals surface area contributed by atoms with E-state index in [1.54, 1.807) is 36.4 Å². The second kappa shape index (κ2) is 11.3. The Morgan fingerprint density at radius 3 is 2.26 bits per heavy atom. The van der Waals surface area contributed by atoms with Gasteiger partial charge in [-0.25, -0.2) is 0 Å². The molecule has 0 aliphatic heterocycles. The predicted octanol–water partition coefficient (Wildman–Crippen LogP) is 7.36. The van der Waals surface area contributed by atoms with Crippen LogP contribution in [0.3, 0.4) is 0 Å². The van der Waals surface area contributed by atoms with Crippen LogP contribution < -0.4 is 19.5 Å². The van der Waals surface area contributed by atoms with E-state index in [1.807, 2.05) is 67.6 Å². The van der Waals surface area contributed by atoms with Crippen LogP contribution in [0, 0.1) is 0 Å². The summed E-state index contributed by atoms with van der Waals surface area (Å²) < 4.78 is 17.6. The fraction of sp³-hybridized carbons (Fsp3) is 0.107. The normalized spacial score (nSPS) is 10.4. The molecule has 0 spiro atoms. The number of benzene rings is 4. The van der Waals surface area contributed by atoms with E-state index in [2.05, 4.69) is 5.32 Å². The minimum absolute atomic E-state index is 0.202. The average Bonchev–Trinajstić information content (AvgIpc) is 2.86. The summed E-state index contributed by atoms with van der Waals surface area (Å²) in [5, 5.41) is 3.46. The fourth-order valence-electron chi connectivity index (χ4n) is 3.32. The van der Waals surface area contributed by atoms with E-state index in [0.717, 1.165) is 5.56 Å². The molecule has 0 bridgehead atoms. The molecule has 0 unspecified atom stereocenters. The van der Waals surface area contributed by atoms with E-state index in [9.17, 15) is 4.79 Å². The third kappa shape index (κ3) is 5.88. The summed E-state index contributed by atoms with van der Waals surface area (Å²) >= 11 is 6.20. The molecule has 6 heteroatoms. The Hall–Kier alpha value is -3.96. The number of ether oxygens (including phenoxy) is 3. The lowest BCUT2D eigenvalue weighted by Gasteiger charge is -2.15. The first-order chi connectivity index (χ1) is 16.6. The number of para-hydroxylation sites is 4. The number of anilines is 1. The van der Waals surface area contributed by atoms with Gasteiger partial charge in [0.05, 0.1) is 17.3 Å². The quantitative estimate of drug-likeness (QED) is 0.276. The monoisotopic (exact) mass is 473 g/mol. The molecule has 0 fully saturated rings. The van der Waals surface area contributed by atoms with Gasteiger partial charge in [0.2, 0.25) is 0 Å². The highest BCUT2D eigenvalue weighted by atomic mass is 35.5. The lowest BCUT2D eigenvalue weighted by molar-refractivity contribution is 0.102. The summed E-state index contributed by atoms with van der Waals surface area (Å²) in [7, 11) is 0. The molecule has 0 saturated heterocycles. The number of amides is 1. The van der Waals surface area contributed by atoms with Gasteiger partial charge in [-0.2, -0.15) is 0 Å². The SMILES string of the molecule is CCOc1ccc(C(=O)Nc2ccccc2Oc2ccccc2)cc1COc1ccccc1Cl. The zero-order valence-corrected chi connectivity index (χ0v) is 19.4. The number of carbonyl (C=O) groups is 1. The van der Waals surface area contributed by atoms with E-state index in [4.69, 9.17) is 25.8 Å². The second-order valence-electron chi connectivity index (χ2n) is 7.34. The Kier molecular flexibility index (Phi) is 7.68. The Balaban J connectivity index is 1.53. The molecule has 4 aromatic rings. The van der Waals surface area contributed by atoms with Gasteiger partial charge in [-0.05, 0) is 61.5 Å². The Bertz CT molecular complexity index is 1260. The standard InChI is InChI=1S/C28H24ClNO4/c1-2-32-25-17-16-20(18-21(25)19-33-26-14-8-6-12-23(26)29)28(31)30-24-13-7-9-15-27(24)34-22-10-4-3-5-11-22/h3-18H,2,19H2,1H3,(H,30,31). The van der Waals surface area contributed by atoms with Gasteiger partial charge in [-0.15, -0.1) is 0 Å². The lowest BCUT2D eigenvalue weighted by atomic mass is 10.1. The van der Waals surface area contributed by atoms with Gasteiger partial charge >= 0.3 is 0 Å².